The third-order valence-electron chi connectivity index (χ3n) is 3.30. The summed E-state index contributed by atoms with van der Waals surface area (Å²) in [5.74, 6) is -0.114. The second kappa shape index (κ2) is 5.84. The molecular formula is C14H14N4O4. The molecule has 0 saturated carbocycles. The van der Waals surface area contributed by atoms with E-state index in [-0.39, 0.29) is 30.7 Å². The molecule has 2 aliphatic rings. The van der Waals surface area contributed by atoms with Gasteiger partial charge < -0.3 is 15.4 Å². The van der Waals surface area contributed by atoms with Crippen molar-refractivity contribution >= 4 is 29.1 Å². The van der Waals surface area contributed by atoms with E-state index in [4.69, 9.17) is 4.74 Å². The molecule has 8 heteroatoms. The molecule has 3 N–H and O–H groups in total. The Labute approximate surface area is 125 Å². The van der Waals surface area contributed by atoms with Crippen molar-refractivity contribution in [3.05, 3.63) is 23.8 Å². The summed E-state index contributed by atoms with van der Waals surface area (Å²) in [7, 11) is 0. The number of benzene rings is 1. The molecule has 3 amide bonds. The molecular weight excluding hydrogens is 288 g/mol. The van der Waals surface area contributed by atoms with Gasteiger partial charge in [-0.1, -0.05) is 6.07 Å². The Morgan fingerprint density at radius 2 is 2.14 bits per heavy atom. The molecule has 0 aromatic heterocycles. The molecule has 0 unspecified atom stereocenters. The van der Waals surface area contributed by atoms with Crippen LogP contribution in [0.4, 0.5) is 5.69 Å². The van der Waals surface area contributed by atoms with E-state index in [0.717, 1.165) is 5.56 Å². The highest BCUT2D eigenvalue weighted by Gasteiger charge is 2.19. The van der Waals surface area contributed by atoms with Crippen molar-refractivity contribution < 1.29 is 19.1 Å². The number of ether oxygens (including phenoxy) is 1. The molecule has 0 atom stereocenters. The van der Waals surface area contributed by atoms with Gasteiger partial charge >= 0.3 is 0 Å². The zero-order valence-electron chi connectivity index (χ0n) is 11.6. The molecule has 2 heterocycles. The van der Waals surface area contributed by atoms with E-state index < -0.39 is 0 Å². The Morgan fingerprint density at radius 3 is 2.91 bits per heavy atom. The van der Waals surface area contributed by atoms with Gasteiger partial charge in [-0.25, -0.2) is 5.43 Å². The predicted octanol–water partition coefficient (Wildman–Crippen LogP) is -0.100. The fourth-order valence-electron chi connectivity index (χ4n) is 2.15. The van der Waals surface area contributed by atoms with Crippen LogP contribution in [0.15, 0.2) is 23.3 Å². The van der Waals surface area contributed by atoms with Crippen molar-refractivity contribution in [3.63, 3.8) is 0 Å². The van der Waals surface area contributed by atoms with Crippen LogP contribution in [0.2, 0.25) is 0 Å². The number of hydrogen-bond acceptors (Lipinski definition) is 5. The van der Waals surface area contributed by atoms with Crippen molar-refractivity contribution in [2.75, 3.05) is 11.9 Å². The topological polar surface area (TPSA) is 109 Å². The van der Waals surface area contributed by atoms with E-state index in [1.54, 1.807) is 18.2 Å². The van der Waals surface area contributed by atoms with Gasteiger partial charge in [-0.15, -0.1) is 0 Å². The van der Waals surface area contributed by atoms with Crippen molar-refractivity contribution in [2.45, 2.75) is 19.4 Å². The van der Waals surface area contributed by atoms with Crippen LogP contribution in [0.25, 0.3) is 0 Å². The number of amides is 3. The smallest absolute Gasteiger partial charge is 0.267 e. The Kier molecular flexibility index (Phi) is 3.73. The highest BCUT2D eigenvalue weighted by Crippen LogP contribution is 2.28. The average Bonchev–Trinajstić information content (AvgIpc) is 2.53. The zero-order chi connectivity index (χ0) is 15.5. The average molecular weight is 302 g/mol. The molecule has 0 spiro atoms. The first-order valence-corrected chi connectivity index (χ1v) is 6.81. The highest BCUT2D eigenvalue weighted by molar-refractivity contribution is 6.39. The Morgan fingerprint density at radius 1 is 1.27 bits per heavy atom. The first-order chi connectivity index (χ1) is 10.6. The molecule has 1 aromatic rings. The van der Waals surface area contributed by atoms with E-state index >= 15 is 0 Å². The minimum Gasteiger partial charge on any atom is -0.482 e. The normalized spacial score (nSPS) is 16.6. The van der Waals surface area contributed by atoms with Crippen LogP contribution < -0.4 is 20.8 Å². The number of nitrogens with one attached hydrogen (secondary N) is 3. The first kappa shape index (κ1) is 14.1. The molecule has 1 aromatic carbocycles. The van der Waals surface area contributed by atoms with Crippen LogP contribution in [0.5, 0.6) is 5.75 Å². The maximum atomic E-state index is 11.9. The SMILES string of the molecule is O=C1CCC(C(=O)NCc2ccc3c(c2)OCC(=O)N3)=NN1. The number of rotatable bonds is 3. The standard InChI is InChI=1S/C14H14N4O4/c19-12-4-3-10(17-18-12)14(21)15-6-8-1-2-9-11(5-8)22-7-13(20)16-9/h1-2,5H,3-4,6-7H2,(H,15,21)(H,16,20)(H,18,19). The number of hydrazone groups is 1. The lowest BCUT2D eigenvalue weighted by molar-refractivity contribution is -0.121. The van der Waals surface area contributed by atoms with Gasteiger partial charge in [-0.05, 0) is 17.7 Å². The molecule has 0 fully saturated rings. The molecule has 114 valence electrons. The lowest BCUT2D eigenvalue weighted by Gasteiger charge is -2.18. The van der Waals surface area contributed by atoms with Crippen LogP contribution in [0.3, 0.4) is 0 Å². The fourth-order valence-corrected chi connectivity index (χ4v) is 2.15. The number of fused-ring (bicyclic) bond motifs is 1. The summed E-state index contributed by atoms with van der Waals surface area (Å²) in [6.07, 6.45) is 0.593. The zero-order valence-corrected chi connectivity index (χ0v) is 11.6. The van der Waals surface area contributed by atoms with Crippen LogP contribution in [-0.4, -0.2) is 30.0 Å². The largest absolute Gasteiger partial charge is 0.482 e. The number of hydrogen-bond donors (Lipinski definition) is 3. The molecule has 0 saturated heterocycles. The lowest BCUT2D eigenvalue weighted by atomic mass is 10.1. The number of carbonyl (C=O) groups excluding carboxylic acids is 3. The lowest BCUT2D eigenvalue weighted by Crippen LogP contribution is -2.36. The Bertz CT molecular complexity index is 683. The summed E-state index contributed by atoms with van der Waals surface area (Å²) >= 11 is 0. The quantitative estimate of drug-likeness (QED) is 0.724. The van der Waals surface area contributed by atoms with Gasteiger partial charge in [0.2, 0.25) is 5.91 Å². The van der Waals surface area contributed by atoms with E-state index in [0.29, 0.717) is 30.1 Å². The number of anilines is 1. The second-order valence-electron chi connectivity index (χ2n) is 4.94. The summed E-state index contributed by atoms with van der Waals surface area (Å²) in [5, 5.41) is 9.17. The van der Waals surface area contributed by atoms with Gasteiger partial charge in [0.25, 0.3) is 11.8 Å². The number of nitrogens with zero attached hydrogens (tertiary/aromatic N) is 1. The Hall–Kier alpha value is -2.90. The van der Waals surface area contributed by atoms with Gasteiger partial charge in [-0.2, -0.15) is 5.10 Å². The minimum atomic E-state index is -0.313. The van der Waals surface area contributed by atoms with E-state index in [1.165, 1.54) is 0 Å². The molecule has 0 aliphatic carbocycles. The first-order valence-electron chi connectivity index (χ1n) is 6.81. The molecule has 22 heavy (non-hydrogen) atoms. The summed E-state index contributed by atoms with van der Waals surface area (Å²) in [5.41, 5.74) is 4.04. The van der Waals surface area contributed by atoms with Crippen LogP contribution in [0, 0.1) is 0 Å². The van der Waals surface area contributed by atoms with E-state index in [1.807, 2.05) is 0 Å². The van der Waals surface area contributed by atoms with Crippen molar-refractivity contribution in [2.24, 2.45) is 5.10 Å². The molecule has 2 aliphatic heterocycles. The predicted molar refractivity (Wildman–Crippen MR) is 77.2 cm³/mol. The maximum Gasteiger partial charge on any atom is 0.267 e. The highest BCUT2D eigenvalue weighted by atomic mass is 16.5. The monoisotopic (exact) mass is 302 g/mol. The summed E-state index contributed by atoms with van der Waals surface area (Å²) in [4.78, 5) is 34.1. The maximum absolute atomic E-state index is 11.9. The minimum absolute atomic E-state index is 0.0146. The van der Waals surface area contributed by atoms with Crippen molar-refractivity contribution in [1.82, 2.24) is 10.7 Å². The van der Waals surface area contributed by atoms with Gasteiger partial charge in [0.1, 0.15) is 11.5 Å². The van der Waals surface area contributed by atoms with Gasteiger partial charge in [0, 0.05) is 19.4 Å². The van der Waals surface area contributed by atoms with E-state index in [2.05, 4.69) is 21.2 Å². The summed E-state index contributed by atoms with van der Waals surface area (Å²) in [6, 6.07) is 5.28. The van der Waals surface area contributed by atoms with E-state index in [9.17, 15) is 14.4 Å². The summed E-state index contributed by atoms with van der Waals surface area (Å²) in [6.45, 7) is 0.287. The van der Waals surface area contributed by atoms with Gasteiger partial charge in [0.15, 0.2) is 6.61 Å². The van der Waals surface area contributed by atoms with Gasteiger partial charge in [-0.3, -0.25) is 14.4 Å². The molecule has 0 bridgehead atoms. The number of carbonyl (C=O) groups is 3. The van der Waals surface area contributed by atoms with Crippen LogP contribution in [0.1, 0.15) is 18.4 Å². The molecule has 0 radical (unpaired) electrons. The van der Waals surface area contributed by atoms with Crippen molar-refractivity contribution in [3.8, 4) is 5.75 Å². The molecule has 8 nitrogen and oxygen atoms in total. The Balaban J connectivity index is 1.61. The molecule has 3 rings (SSSR count). The fraction of sp³-hybridized carbons (Fsp3) is 0.286. The second-order valence-corrected chi connectivity index (χ2v) is 4.94. The van der Waals surface area contributed by atoms with Gasteiger partial charge in [0.05, 0.1) is 5.69 Å². The van der Waals surface area contributed by atoms with Crippen LogP contribution in [-0.2, 0) is 20.9 Å². The third-order valence-corrected chi connectivity index (χ3v) is 3.30. The summed E-state index contributed by atoms with van der Waals surface area (Å²) < 4.78 is 5.32. The van der Waals surface area contributed by atoms with Crippen molar-refractivity contribution in [1.29, 1.82) is 0 Å². The van der Waals surface area contributed by atoms with Crippen LogP contribution >= 0.6 is 0 Å². The third kappa shape index (κ3) is 3.05.